The standard InChI is InChI=1S/C18H23N5O3/c1-11-9-12(2)23-15(20-11)14(13(3)21-23)16(24)22-7-4-5-18(6-8-22)10-19-17(25)26-18/h9H,4-8,10H2,1-3H3,(H,19,25). The van der Waals surface area contributed by atoms with Gasteiger partial charge in [-0.1, -0.05) is 0 Å². The topological polar surface area (TPSA) is 88.8 Å². The zero-order valence-corrected chi connectivity index (χ0v) is 15.3. The van der Waals surface area contributed by atoms with Crippen LogP contribution in [0.15, 0.2) is 6.07 Å². The van der Waals surface area contributed by atoms with Crippen LogP contribution in [0.2, 0.25) is 0 Å². The minimum atomic E-state index is -0.478. The van der Waals surface area contributed by atoms with Crippen molar-refractivity contribution in [2.24, 2.45) is 0 Å². The molecule has 26 heavy (non-hydrogen) atoms. The quantitative estimate of drug-likeness (QED) is 0.840. The van der Waals surface area contributed by atoms with E-state index in [-0.39, 0.29) is 12.0 Å². The van der Waals surface area contributed by atoms with Gasteiger partial charge in [-0.3, -0.25) is 4.79 Å². The molecule has 1 spiro atoms. The predicted octanol–water partition coefficient (Wildman–Crippen LogP) is 1.76. The molecule has 2 amide bonds. The average Bonchev–Trinajstić information content (AvgIpc) is 3.02. The fraction of sp³-hybridized carbons (Fsp3) is 0.556. The van der Waals surface area contributed by atoms with Crippen molar-refractivity contribution in [3.8, 4) is 0 Å². The van der Waals surface area contributed by atoms with Crippen LogP contribution >= 0.6 is 0 Å². The SMILES string of the molecule is Cc1cc(C)n2nc(C)c(C(=O)N3CCCC4(CC3)CNC(=O)O4)c2n1. The molecule has 0 aliphatic carbocycles. The summed E-state index contributed by atoms with van der Waals surface area (Å²) < 4.78 is 7.23. The highest BCUT2D eigenvalue weighted by Gasteiger charge is 2.42. The van der Waals surface area contributed by atoms with Crippen molar-refractivity contribution in [2.75, 3.05) is 19.6 Å². The summed E-state index contributed by atoms with van der Waals surface area (Å²) in [6.45, 7) is 7.43. The Labute approximate surface area is 151 Å². The Bertz CT molecular complexity index is 906. The molecule has 0 bridgehead atoms. The van der Waals surface area contributed by atoms with E-state index in [1.165, 1.54) is 0 Å². The molecule has 4 rings (SSSR count). The van der Waals surface area contributed by atoms with E-state index in [2.05, 4.69) is 15.4 Å². The Hall–Kier alpha value is -2.64. The van der Waals surface area contributed by atoms with Gasteiger partial charge in [0.15, 0.2) is 5.65 Å². The molecule has 1 N–H and O–H groups in total. The molecular weight excluding hydrogens is 334 g/mol. The average molecular weight is 357 g/mol. The number of aryl methyl sites for hydroxylation is 3. The van der Waals surface area contributed by atoms with Crippen molar-refractivity contribution in [3.63, 3.8) is 0 Å². The Balaban J connectivity index is 1.63. The molecule has 0 aromatic carbocycles. The summed E-state index contributed by atoms with van der Waals surface area (Å²) in [4.78, 5) is 31.1. The van der Waals surface area contributed by atoms with E-state index >= 15 is 0 Å². The van der Waals surface area contributed by atoms with Gasteiger partial charge in [0.05, 0.1) is 12.2 Å². The lowest BCUT2D eigenvalue weighted by Crippen LogP contribution is -2.36. The summed E-state index contributed by atoms with van der Waals surface area (Å²) in [6, 6.07) is 1.95. The van der Waals surface area contributed by atoms with Crippen molar-refractivity contribution in [1.29, 1.82) is 0 Å². The number of carbonyl (C=O) groups is 2. The van der Waals surface area contributed by atoms with Crippen LogP contribution in [-0.2, 0) is 4.74 Å². The number of ether oxygens (including phenoxy) is 1. The fourth-order valence-electron chi connectivity index (χ4n) is 3.99. The lowest BCUT2D eigenvalue weighted by molar-refractivity contribution is 0.0439. The molecule has 2 aliphatic heterocycles. The van der Waals surface area contributed by atoms with E-state index < -0.39 is 5.60 Å². The van der Waals surface area contributed by atoms with Crippen molar-refractivity contribution >= 4 is 17.6 Å². The van der Waals surface area contributed by atoms with Crippen molar-refractivity contribution in [1.82, 2.24) is 24.8 Å². The summed E-state index contributed by atoms with van der Waals surface area (Å²) in [7, 11) is 0. The minimum absolute atomic E-state index is 0.0515. The van der Waals surface area contributed by atoms with Crippen LogP contribution in [0.4, 0.5) is 4.79 Å². The number of amides is 2. The van der Waals surface area contributed by atoms with E-state index in [0.29, 0.717) is 43.0 Å². The van der Waals surface area contributed by atoms with Gasteiger partial charge in [-0.25, -0.2) is 14.3 Å². The maximum atomic E-state index is 13.2. The summed E-state index contributed by atoms with van der Waals surface area (Å²) in [5, 5.41) is 7.24. The molecule has 8 heteroatoms. The highest BCUT2D eigenvalue weighted by atomic mass is 16.6. The van der Waals surface area contributed by atoms with Crippen LogP contribution in [0.5, 0.6) is 0 Å². The van der Waals surface area contributed by atoms with Crippen LogP contribution in [0.3, 0.4) is 0 Å². The molecule has 0 radical (unpaired) electrons. The number of fused-ring (bicyclic) bond motifs is 1. The monoisotopic (exact) mass is 357 g/mol. The Kier molecular flexibility index (Phi) is 3.86. The molecule has 2 aromatic heterocycles. The van der Waals surface area contributed by atoms with Crippen molar-refractivity contribution in [2.45, 2.75) is 45.6 Å². The molecule has 4 heterocycles. The minimum Gasteiger partial charge on any atom is -0.441 e. The molecule has 1 unspecified atom stereocenters. The second kappa shape index (κ2) is 5.96. The van der Waals surface area contributed by atoms with Crippen LogP contribution in [0, 0.1) is 20.8 Å². The second-order valence-electron chi connectivity index (χ2n) is 7.31. The first kappa shape index (κ1) is 16.8. The molecule has 8 nitrogen and oxygen atoms in total. The van der Waals surface area contributed by atoms with Gasteiger partial charge in [0.25, 0.3) is 5.91 Å². The zero-order chi connectivity index (χ0) is 18.5. The van der Waals surface area contributed by atoms with E-state index in [9.17, 15) is 9.59 Å². The van der Waals surface area contributed by atoms with E-state index in [4.69, 9.17) is 4.74 Å². The van der Waals surface area contributed by atoms with Crippen LogP contribution < -0.4 is 5.32 Å². The third-order valence-corrected chi connectivity index (χ3v) is 5.33. The van der Waals surface area contributed by atoms with Gasteiger partial charge in [0.2, 0.25) is 0 Å². The highest BCUT2D eigenvalue weighted by Crippen LogP contribution is 2.30. The summed E-state index contributed by atoms with van der Waals surface area (Å²) in [6.07, 6.45) is 1.84. The lowest BCUT2D eigenvalue weighted by atomic mass is 9.95. The van der Waals surface area contributed by atoms with Gasteiger partial charge >= 0.3 is 6.09 Å². The first-order valence-electron chi connectivity index (χ1n) is 8.98. The number of nitrogens with one attached hydrogen (secondary N) is 1. The number of hydrogen-bond acceptors (Lipinski definition) is 5. The number of aromatic nitrogens is 3. The lowest BCUT2D eigenvalue weighted by Gasteiger charge is -2.25. The molecule has 1 atom stereocenters. The highest BCUT2D eigenvalue weighted by molar-refractivity contribution is 6.01. The van der Waals surface area contributed by atoms with E-state index in [1.54, 1.807) is 4.52 Å². The number of hydrogen-bond donors (Lipinski definition) is 1. The van der Waals surface area contributed by atoms with Gasteiger partial charge in [-0.15, -0.1) is 0 Å². The maximum absolute atomic E-state index is 13.2. The summed E-state index contributed by atoms with van der Waals surface area (Å²) >= 11 is 0. The summed E-state index contributed by atoms with van der Waals surface area (Å²) in [5.41, 5.74) is 3.20. The van der Waals surface area contributed by atoms with Gasteiger partial charge in [0, 0.05) is 30.9 Å². The Morgan fingerprint density at radius 2 is 2.08 bits per heavy atom. The predicted molar refractivity (Wildman–Crippen MR) is 94.2 cm³/mol. The largest absolute Gasteiger partial charge is 0.441 e. The third-order valence-electron chi connectivity index (χ3n) is 5.33. The molecular formula is C18H23N5O3. The molecule has 2 saturated heterocycles. The normalized spacial score (nSPS) is 23.2. The maximum Gasteiger partial charge on any atom is 0.407 e. The fourth-order valence-corrected chi connectivity index (χ4v) is 3.99. The second-order valence-corrected chi connectivity index (χ2v) is 7.31. The molecule has 0 saturated carbocycles. The molecule has 138 valence electrons. The number of rotatable bonds is 1. The van der Waals surface area contributed by atoms with E-state index in [1.807, 2.05) is 31.7 Å². The first-order chi connectivity index (χ1) is 12.4. The number of likely N-dealkylation sites (tertiary alicyclic amines) is 1. The first-order valence-corrected chi connectivity index (χ1v) is 8.98. The van der Waals surface area contributed by atoms with Crippen molar-refractivity contribution < 1.29 is 14.3 Å². The molecule has 2 aliphatic rings. The van der Waals surface area contributed by atoms with Gasteiger partial charge < -0.3 is 15.0 Å². The van der Waals surface area contributed by atoms with Gasteiger partial charge in [-0.2, -0.15) is 5.10 Å². The van der Waals surface area contributed by atoms with Gasteiger partial charge in [-0.05, 0) is 39.7 Å². The number of nitrogens with zero attached hydrogens (tertiary/aromatic N) is 4. The third kappa shape index (κ3) is 2.69. The van der Waals surface area contributed by atoms with Crippen LogP contribution in [-0.4, -0.2) is 56.7 Å². The number of alkyl carbamates (subject to hydrolysis) is 1. The van der Waals surface area contributed by atoms with Crippen LogP contribution in [0.25, 0.3) is 5.65 Å². The van der Waals surface area contributed by atoms with Crippen molar-refractivity contribution in [3.05, 3.63) is 28.7 Å². The Morgan fingerprint density at radius 1 is 1.27 bits per heavy atom. The van der Waals surface area contributed by atoms with Crippen LogP contribution in [0.1, 0.15) is 46.7 Å². The Morgan fingerprint density at radius 3 is 2.81 bits per heavy atom. The van der Waals surface area contributed by atoms with Gasteiger partial charge in [0.1, 0.15) is 11.2 Å². The smallest absolute Gasteiger partial charge is 0.407 e. The van der Waals surface area contributed by atoms with E-state index in [0.717, 1.165) is 24.2 Å². The molecule has 2 aromatic rings. The summed E-state index contributed by atoms with van der Waals surface area (Å²) in [5.74, 6) is -0.0515. The number of carbonyl (C=O) groups excluding carboxylic acids is 2. The zero-order valence-electron chi connectivity index (χ0n) is 15.3. The molecule has 2 fully saturated rings.